The van der Waals surface area contributed by atoms with E-state index in [0.717, 1.165) is 30.9 Å². The molecule has 2 rings (SSSR count). The van der Waals surface area contributed by atoms with E-state index in [1.165, 1.54) is 24.3 Å². The van der Waals surface area contributed by atoms with Crippen molar-refractivity contribution in [3.8, 4) is 0 Å². The van der Waals surface area contributed by atoms with Crippen molar-refractivity contribution in [2.75, 3.05) is 5.32 Å². The summed E-state index contributed by atoms with van der Waals surface area (Å²) in [5.74, 6) is -1.54. The molecule has 112 valence electrons. The van der Waals surface area contributed by atoms with Crippen molar-refractivity contribution in [2.45, 2.75) is 32.2 Å². The second-order valence-electron chi connectivity index (χ2n) is 5.01. The van der Waals surface area contributed by atoms with E-state index in [9.17, 15) is 13.2 Å². The molecule has 2 aromatic rings. The molecule has 1 N–H and O–H groups in total. The Morgan fingerprint density at radius 1 is 0.952 bits per heavy atom. The summed E-state index contributed by atoms with van der Waals surface area (Å²) in [5, 5.41) is 3.08. The highest BCUT2D eigenvalue weighted by molar-refractivity contribution is 5.47. The van der Waals surface area contributed by atoms with Crippen molar-refractivity contribution in [1.29, 1.82) is 0 Å². The molecule has 0 radical (unpaired) electrons. The van der Waals surface area contributed by atoms with E-state index in [4.69, 9.17) is 0 Å². The maximum absolute atomic E-state index is 13.8. The average molecular weight is 293 g/mol. The Kier molecular flexibility index (Phi) is 5.26. The van der Waals surface area contributed by atoms with Crippen LogP contribution in [-0.4, -0.2) is 0 Å². The number of unbranched alkanes of at least 4 members (excludes halogenated alkanes) is 1. The monoisotopic (exact) mass is 293 g/mol. The highest BCUT2D eigenvalue weighted by Crippen LogP contribution is 2.26. The van der Waals surface area contributed by atoms with Gasteiger partial charge < -0.3 is 5.32 Å². The van der Waals surface area contributed by atoms with E-state index in [2.05, 4.69) is 12.2 Å². The highest BCUT2D eigenvalue weighted by atomic mass is 19.1. The minimum Gasteiger partial charge on any atom is -0.376 e. The van der Waals surface area contributed by atoms with Crippen molar-refractivity contribution in [3.05, 3.63) is 65.5 Å². The van der Waals surface area contributed by atoms with E-state index in [1.807, 2.05) is 0 Å². The number of benzene rings is 2. The second-order valence-corrected chi connectivity index (χ2v) is 5.01. The molecule has 0 aliphatic heterocycles. The molecule has 0 saturated heterocycles. The molecular weight excluding hydrogens is 275 g/mol. The van der Waals surface area contributed by atoms with Crippen LogP contribution in [0.5, 0.6) is 0 Å². The minimum atomic E-state index is -0.626. The van der Waals surface area contributed by atoms with Crippen LogP contribution in [-0.2, 0) is 0 Å². The predicted molar refractivity (Wildman–Crippen MR) is 78.6 cm³/mol. The third-order valence-corrected chi connectivity index (χ3v) is 3.38. The Balaban J connectivity index is 2.21. The smallest absolute Gasteiger partial charge is 0.149 e. The summed E-state index contributed by atoms with van der Waals surface area (Å²) < 4.78 is 39.7. The summed E-state index contributed by atoms with van der Waals surface area (Å²) in [7, 11) is 0. The van der Waals surface area contributed by atoms with Crippen LogP contribution in [0.4, 0.5) is 18.9 Å². The zero-order valence-electron chi connectivity index (χ0n) is 11.9. The molecule has 1 unspecified atom stereocenters. The molecule has 21 heavy (non-hydrogen) atoms. The van der Waals surface area contributed by atoms with Gasteiger partial charge in [0, 0.05) is 6.07 Å². The molecule has 0 spiro atoms. The van der Waals surface area contributed by atoms with Gasteiger partial charge in [-0.05, 0) is 36.2 Å². The highest BCUT2D eigenvalue weighted by Gasteiger charge is 2.13. The lowest BCUT2D eigenvalue weighted by molar-refractivity contribution is 0.577. The first kappa shape index (κ1) is 15.4. The summed E-state index contributed by atoms with van der Waals surface area (Å²) in [6, 6.07) is 9.46. The zero-order chi connectivity index (χ0) is 15.2. The normalized spacial score (nSPS) is 12.2. The van der Waals surface area contributed by atoms with Gasteiger partial charge >= 0.3 is 0 Å². The Morgan fingerprint density at radius 2 is 1.62 bits per heavy atom. The van der Waals surface area contributed by atoms with Crippen LogP contribution in [0.25, 0.3) is 0 Å². The number of anilines is 1. The van der Waals surface area contributed by atoms with Gasteiger partial charge in [0.15, 0.2) is 0 Å². The van der Waals surface area contributed by atoms with Gasteiger partial charge in [0.25, 0.3) is 0 Å². The van der Waals surface area contributed by atoms with Crippen LogP contribution in [0.15, 0.2) is 42.5 Å². The number of hydrogen-bond acceptors (Lipinski definition) is 1. The van der Waals surface area contributed by atoms with E-state index < -0.39 is 11.6 Å². The molecule has 0 aliphatic rings. The van der Waals surface area contributed by atoms with E-state index in [1.54, 1.807) is 12.1 Å². The number of nitrogens with one attached hydrogen (secondary N) is 1. The molecule has 0 heterocycles. The lowest BCUT2D eigenvalue weighted by atomic mass is 10.0. The SMILES string of the molecule is CCCCC(Nc1ccc(F)cc1F)c1ccc(F)cc1. The van der Waals surface area contributed by atoms with E-state index in [0.29, 0.717) is 0 Å². The first-order chi connectivity index (χ1) is 10.1. The minimum absolute atomic E-state index is 0.134. The summed E-state index contributed by atoms with van der Waals surface area (Å²) in [5.41, 5.74) is 1.13. The molecule has 0 fully saturated rings. The lowest BCUT2D eigenvalue weighted by Crippen LogP contribution is -2.12. The fourth-order valence-corrected chi connectivity index (χ4v) is 2.22. The van der Waals surface area contributed by atoms with Crippen LogP contribution >= 0.6 is 0 Å². The Hall–Kier alpha value is -1.97. The predicted octanol–water partition coefficient (Wildman–Crippen LogP) is 5.45. The van der Waals surface area contributed by atoms with Crippen molar-refractivity contribution < 1.29 is 13.2 Å². The van der Waals surface area contributed by atoms with Crippen LogP contribution in [0, 0.1) is 17.5 Å². The molecule has 0 amide bonds. The third kappa shape index (κ3) is 4.25. The fraction of sp³-hybridized carbons (Fsp3) is 0.294. The lowest BCUT2D eigenvalue weighted by Gasteiger charge is -2.21. The topological polar surface area (TPSA) is 12.0 Å². The molecule has 0 aliphatic carbocycles. The van der Waals surface area contributed by atoms with Gasteiger partial charge in [0.05, 0.1) is 11.7 Å². The van der Waals surface area contributed by atoms with Gasteiger partial charge in [0.2, 0.25) is 0 Å². The summed E-state index contributed by atoms with van der Waals surface area (Å²) >= 11 is 0. The maximum atomic E-state index is 13.8. The summed E-state index contributed by atoms with van der Waals surface area (Å²) in [4.78, 5) is 0. The maximum Gasteiger partial charge on any atom is 0.149 e. The molecule has 1 atom stereocenters. The average Bonchev–Trinajstić information content (AvgIpc) is 2.46. The van der Waals surface area contributed by atoms with Gasteiger partial charge in [-0.15, -0.1) is 0 Å². The number of rotatable bonds is 6. The van der Waals surface area contributed by atoms with Crippen LogP contribution < -0.4 is 5.32 Å². The molecule has 4 heteroatoms. The van der Waals surface area contributed by atoms with Gasteiger partial charge in [-0.3, -0.25) is 0 Å². The van der Waals surface area contributed by atoms with Crippen LogP contribution in [0.3, 0.4) is 0 Å². The van der Waals surface area contributed by atoms with E-state index >= 15 is 0 Å². The van der Waals surface area contributed by atoms with E-state index in [-0.39, 0.29) is 17.5 Å². The molecule has 0 bridgehead atoms. The standard InChI is InChI=1S/C17H18F3N/c1-2-3-4-16(12-5-7-13(18)8-6-12)21-17-10-9-14(19)11-15(17)20/h5-11,16,21H,2-4H2,1H3. The van der Waals surface area contributed by atoms with Crippen molar-refractivity contribution in [1.82, 2.24) is 0 Å². The number of hydrogen-bond donors (Lipinski definition) is 1. The van der Waals surface area contributed by atoms with Crippen molar-refractivity contribution in [3.63, 3.8) is 0 Å². The van der Waals surface area contributed by atoms with Gasteiger partial charge in [-0.1, -0.05) is 31.9 Å². The van der Waals surface area contributed by atoms with Crippen molar-refractivity contribution >= 4 is 5.69 Å². The summed E-state index contributed by atoms with van der Waals surface area (Å²) in [6.07, 6.45) is 2.75. The largest absolute Gasteiger partial charge is 0.376 e. The van der Waals surface area contributed by atoms with Gasteiger partial charge in [0.1, 0.15) is 17.5 Å². The second kappa shape index (κ2) is 7.16. The van der Waals surface area contributed by atoms with Crippen LogP contribution in [0.2, 0.25) is 0 Å². The Bertz CT molecular complexity index is 581. The van der Waals surface area contributed by atoms with Crippen LogP contribution in [0.1, 0.15) is 37.8 Å². The molecule has 1 nitrogen and oxygen atoms in total. The molecule has 0 saturated carbocycles. The third-order valence-electron chi connectivity index (χ3n) is 3.38. The Labute approximate surface area is 122 Å². The molecule has 0 aromatic heterocycles. The first-order valence-electron chi connectivity index (χ1n) is 7.07. The first-order valence-corrected chi connectivity index (χ1v) is 7.07. The van der Waals surface area contributed by atoms with Gasteiger partial charge in [-0.2, -0.15) is 0 Å². The molecular formula is C17H18F3N. The fourth-order valence-electron chi connectivity index (χ4n) is 2.22. The van der Waals surface area contributed by atoms with Crippen molar-refractivity contribution in [2.24, 2.45) is 0 Å². The summed E-state index contributed by atoms with van der Waals surface area (Å²) in [6.45, 7) is 2.07. The number of halogens is 3. The quantitative estimate of drug-likeness (QED) is 0.747. The zero-order valence-corrected chi connectivity index (χ0v) is 11.9. The Morgan fingerprint density at radius 3 is 2.24 bits per heavy atom. The molecule has 2 aromatic carbocycles. The van der Waals surface area contributed by atoms with Gasteiger partial charge in [-0.25, -0.2) is 13.2 Å².